The molecule has 1 aliphatic heterocycles. The highest BCUT2D eigenvalue weighted by Crippen LogP contribution is 2.26. The first-order valence-corrected chi connectivity index (χ1v) is 10.1. The summed E-state index contributed by atoms with van der Waals surface area (Å²) in [4.78, 5) is 76.8. The van der Waals surface area contributed by atoms with Gasteiger partial charge in [0.2, 0.25) is 0 Å². The van der Waals surface area contributed by atoms with Crippen LogP contribution in [0.2, 0.25) is 0 Å². The number of aliphatic imine (C=N–C) groups is 1. The predicted octanol–water partition coefficient (Wildman–Crippen LogP) is -2.51. The Balaban J connectivity index is 0. The van der Waals surface area contributed by atoms with Gasteiger partial charge in [0.25, 0.3) is 0 Å². The van der Waals surface area contributed by atoms with Crippen molar-refractivity contribution in [3.8, 4) is 0 Å². The Kier molecular flexibility index (Phi) is 12.0. The third kappa shape index (κ3) is 35.0. The van der Waals surface area contributed by atoms with Gasteiger partial charge in [-0.3, -0.25) is 4.99 Å². The summed E-state index contributed by atoms with van der Waals surface area (Å²) in [5.41, 5.74) is 0.814. The standard InChI is InChI=1S/C6H6N4.3H3O4P/c1-2-9-6-5(8-1)3-7-4-10-6;3*1-5(2,3)4/h1-3H,4H2,(H,9,10);3*(H3,1,2,3,4). The molecule has 0 atom stereocenters. The number of nitrogens with one attached hydrogen (secondary N) is 1. The van der Waals surface area contributed by atoms with Gasteiger partial charge in [0, 0.05) is 12.4 Å². The van der Waals surface area contributed by atoms with Gasteiger partial charge in [-0.2, -0.15) is 0 Å². The van der Waals surface area contributed by atoms with Crippen molar-refractivity contribution < 1.29 is 57.7 Å². The van der Waals surface area contributed by atoms with Gasteiger partial charge >= 0.3 is 23.5 Å². The third-order valence-corrected chi connectivity index (χ3v) is 1.28. The highest BCUT2D eigenvalue weighted by atomic mass is 31.2. The summed E-state index contributed by atoms with van der Waals surface area (Å²) in [6.07, 6.45) is 5.03. The van der Waals surface area contributed by atoms with Crippen molar-refractivity contribution in [2.45, 2.75) is 0 Å². The number of aromatic nitrogens is 2. The van der Waals surface area contributed by atoms with Crippen LogP contribution in [0.15, 0.2) is 17.4 Å². The molecule has 1 aromatic rings. The van der Waals surface area contributed by atoms with E-state index in [0.717, 1.165) is 11.5 Å². The van der Waals surface area contributed by atoms with Crippen LogP contribution in [0.4, 0.5) is 5.82 Å². The predicted molar refractivity (Wildman–Crippen MR) is 80.9 cm³/mol. The Bertz CT molecular complexity index is 607. The van der Waals surface area contributed by atoms with Gasteiger partial charge < -0.3 is 49.4 Å². The molecule has 0 bridgehead atoms. The molecular weight excluding hydrogens is 413 g/mol. The fraction of sp³-hybridized carbons (Fsp3) is 0.167. The van der Waals surface area contributed by atoms with E-state index in [0.29, 0.717) is 6.67 Å². The average molecular weight is 428 g/mol. The Labute approximate surface area is 139 Å². The summed E-state index contributed by atoms with van der Waals surface area (Å²) in [5, 5.41) is 2.99. The molecule has 0 aromatic carbocycles. The molecule has 0 saturated heterocycles. The van der Waals surface area contributed by atoms with Crippen molar-refractivity contribution in [2.24, 2.45) is 4.99 Å². The average Bonchev–Trinajstić information content (AvgIpc) is 2.33. The van der Waals surface area contributed by atoms with Gasteiger partial charge in [0.05, 0.1) is 6.21 Å². The van der Waals surface area contributed by atoms with E-state index in [1.54, 1.807) is 18.6 Å². The summed E-state index contributed by atoms with van der Waals surface area (Å²) < 4.78 is 26.6. The van der Waals surface area contributed by atoms with E-state index in [1.165, 1.54) is 0 Å². The number of hydrogen-bond acceptors (Lipinski definition) is 7. The van der Waals surface area contributed by atoms with Crippen molar-refractivity contribution in [1.82, 2.24) is 9.97 Å². The lowest BCUT2D eigenvalue weighted by atomic mass is 10.4. The Morgan fingerprint density at radius 1 is 0.760 bits per heavy atom. The minimum absolute atomic E-state index is 0.603. The SMILES string of the molecule is C1=NCNc2nccnc21.O=P(O)(O)O.O=P(O)(O)O.O=P(O)(O)O. The van der Waals surface area contributed by atoms with E-state index in [4.69, 9.17) is 57.7 Å². The van der Waals surface area contributed by atoms with E-state index in [1.807, 2.05) is 0 Å². The summed E-state index contributed by atoms with van der Waals surface area (Å²) in [5.74, 6) is 0.817. The first kappa shape index (κ1) is 26.1. The fourth-order valence-electron chi connectivity index (χ4n) is 0.832. The maximum atomic E-state index is 8.88. The molecule has 2 rings (SSSR count). The van der Waals surface area contributed by atoms with Gasteiger partial charge in [0.1, 0.15) is 12.4 Å². The van der Waals surface area contributed by atoms with Crippen LogP contribution in [-0.2, 0) is 13.7 Å². The molecule has 1 aliphatic rings. The van der Waals surface area contributed by atoms with Gasteiger partial charge in [-0.05, 0) is 0 Å². The van der Waals surface area contributed by atoms with E-state index in [9.17, 15) is 0 Å². The van der Waals surface area contributed by atoms with Gasteiger partial charge in [-0.25, -0.2) is 23.7 Å². The van der Waals surface area contributed by atoms with Gasteiger partial charge in [-0.1, -0.05) is 0 Å². The molecule has 19 heteroatoms. The van der Waals surface area contributed by atoms with E-state index in [-0.39, 0.29) is 0 Å². The quantitative estimate of drug-likeness (QED) is 0.191. The lowest BCUT2D eigenvalue weighted by Gasteiger charge is -2.07. The molecule has 0 aliphatic carbocycles. The molecule has 0 unspecified atom stereocenters. The van der Waals surface area contributed by atoms with Crippen molar-refractivity contribution in [1.29, 1.82) is 0 Å². The molecule has 0 radical (unpaired) electrons. The van der Waals surface area contributed by atoms with Crippen molar-refractivity contribution in [2.75, 3.05) is 12.0 Å². The first-order valence-electron chi connectivity index (χ1n) is 5.36. The second kappa shape index (κ2) is 11.5. The molecule has 0 fully saturated rings. The molecular formula is C6H15N4O12P3. The maximum Gasteiger partial charge on any atom is 0.466 e. The lowest BCUT2D eigenvalue weighted by Crippen LogP contribution is -2.10. The van der Waals surface area contributed by atoms with Gasteiger partial charge in [0.15, 0.2) is 5.82 Å². The van der Waals surface area contributed by atoms with Crippen LogP contribution in [0.1, 0.15) is 5.69 Å². The zero-order valence-corrected chi connectivity index (χ0v) is 14.6. The molecule has 16 nitrogen and oxygen atoms in total. The van der Waals surface area contributed by atoms with E-state index in [2.05, 4.69) is 20.3 Å². The zero-order chi connectivity index (χ0) is 20.3. The number of rotatable bonds is 0. The van der Waals surface area contributed by atoms with Crippen molar-refractivity contribution in [3.05, 3.63) is 18.1 Å². The second-order valence-corrected chi connectivity index (χ2v) is 6.56. The maximum absolute atomic E-state index is 8.88. The first-order chi connectivity index (χ1) is 11.0. The van der Waals surface area contributed by atoms with Crippen LogP contribution in [0, 0.1) is 0 Å². The molecule has 0 amide bonds. The van der Waals surface area contributed by atoms with E-state index >= 15 is 0 Å². The van der Waals surface area contributed by atoms with Crippen LogP contribution in [0.5, 0.6) is 0 Å². The Morgan fingerprint density at radius 3 is 1.48 bits per heavy atom. The summed E-state index contributed by atoms with van der Waals surface area (Å²) in [6, 6.07) is 0. The van der Waals surface area contributed by atoms with Crippen LogP contribution in [-0.4, -0.2) is 66.9 Å². The number of hydrogen-bond donors (Lipinski definition) is 10. The zero-order valence-electron chi connectivity index (χ0n) is 11.9. The van der Waals surface area contributed by atoms with Crippen molar-refractivity contribution >= 4 is 35.5 Å². The summed E-state index contributed by atoms with van der Waals surface area (Å²) >= 11 is 0. The molecule has 25 heavy (non-hydrogen) atoms. The Morgan fingerprint density at radius 2 is 1.12 bits per heavy atom. The molecule has 2 heterocycles. The number of nitrogens with zero attached hydrogens (tertiary/aromatic N) is 3. The third-order valence-electron chi connectivity index (χ3n) is 1.28. The normalized spacial score (nSPS) is 12.7. The van der Waals surface area contributed by atoms with Crippen LogP contribution in [0.3, 0.4) is 0 Å². The minimum atomic E-state index is -4.64. The monoisotopic (exact) mass is 428 g/mol. The summed E-state index contributed by atoms with van der Waals surface area (Å²) in [6.45, 7) is 0.603. The highest BCUT2D eigenvalue weighted by Gasteiger charge is 2.03. The fourth-order valence-corrected chi connectivity index (χ4v) is 0.832. The second-order valence-electron chi connectivity index (χ2n) is 3.48. The molecule has 1 aromatic heterocycles. The number of anilines is 1. The highest BCUT2D eigenvalue weighted by molar-refractivity contribution is 7.45. The van der Waals surface area contributed by atoms with Crippen molar-refractivity contribution in [3.63, 3.8) is 0 Å². The number of fused-ring (bicyclic) bond motifs is 1. The lowest BCUT2D eigenvalue weighted by molar-refractivity contribution is 0.272. The molecule has 146 valence electrons. The minimum Gasteiger partial charge on any atom is -0.349 e. The smallest absolute Gasteiger partial charge is 0.349 e. The number of phosphoric acid groups is 3. The summed E-state index contributed by atoms with van der Waals surface area (Å²) in [7, 11) is -13.9. The van der Waals surface area contributed by atoms with Crippen LogP contribution < -0.4 is 5.32 Å². The topological polar surface area (TPSA) is 283 Å². The van der Waals surface area contributed by atoms with E-state index < -0.39 is 23.5 Å². The Hall–Kier alpha value is -1.12. The molecule has 10 N–H and O–H groups in total. The van der Waals surface area contributed by atoms with Crippen LogP contribution in [0.25, 0.3) is 0 Å². The van der Waals surface area contributed by atoms with Gasteiger partial charge in [-0.15, -0.1) is 0 Å². The van der Waals surface area contributed by atoms with Crippen LogP contribution >= 0.6 is 23.5 Å². The molecule has 0 spiro atoms. The largest absolute Gasteiger partial charge is 0.466 e. The molecule has 0 saturated carbocycles.